The molecule has 188 valence electrons. The van der Waals surface area contributed by atoms with E-state index in [9.17, 15) is 51.1 Å². The number of rotatable bonds is 6. The normalized spacial score (nSPS) is 52.7. The van der Waals surface area contributed by atoms with Crippen molar-refractivity contribution in [1.29, 1.82) is 0 Å². The Hall–Kier alpha value is -0.600. The fourth-order valence-electron chi connectivity index (χ4n) is 3.65. The van der Waals surface area contributed by atoms with Crippen LogP contribution in [0.2, 0.25) is 0 Å². The highest BCUT2D eigenvalue weighted by molar-refractivity contribution is 4.93. The predicted octanol–water partition coefficient (Wildman–Crippen LogP) is -6.93. The summed E-state index contributed by atoms with van der Waals surface area (Å²) in [5.74, 6) is 0. The third-order valence-corrected chi connectivity index (χ3v) is 5.68. The Kier molecular flexibility index (Phi) is 8.75. The van der Waals surface area contributed by atoms with E-state index in [1.807, 2.05) is 0 Å². The molecule has 3 aliphatic rings. The molecule has 3 heterocycles. The molecule has 0 aliphatic carbocycles. The maximum Gasteiger partial charge on any atom is 0.186 e. The van der Waals surface area contributed by atoms with Gasteiger partial charge < -0.3 is 74.7 Å². The van der Waals surface area contributed by atoms with E-state index in [0.29, 0.717) is 0 Å². The molecule has 0 aromatic rings. The molecule has 0 radical (unpaired) electrons. The number of ether oxygens (including phenoxy) is 5. The van der Waals surface area contributed by atoms with Crippen LogP contribution < -0.4 is 0 Å². The van der Waals surface area contributed by atoms with E-state index in [4.69, 9.17) is 23.7 Å². The lowest BCUT2D eigenvalue weighted by atomic mass is 9.98. The van der Waals surface area contributed by atoms with E-state index in [-0.39, 0.29) is 6.61 Å². The van der Waals surface area contributed by atoms with Crippen LogP contribution in [0.15, 0.2) is 0 Å². The molecule has 0 saturated carbocycles. The average molecular weight is 474 g/mol. The number of hydrogen-bond donors (Lipinski definition) is 10. The topological polar surface area (TPSA) is 248 Å². The zero-order valence-electron chi connectivity index (χ0n) is 16.7. The second kappa shape index (κ2) is 10.8. The van der Waals surface area contributed by atoms with Gasteiger partial charge in [-0.15, -0.1) is 0 Å². The molecule has 0 spiro atoms. The van der Waals surface area contributed by atoms with Gasteiger partial charge in [0.2, 0.25) is 0 Å². The summed E-state index contributed by atoms with van der Waals surface area (Å²) >= 11 is 0. The monoisotopic (exact) mass is 474 g/mol. The van der Waals surface area contributed by atoms with Crippen molar-refractivity contribution in [3.05, 3.63) is 0 Å². The minimum Gasteiger partial charge on any atom is -0.394 e. The molecule has 0 aromatic carbocycles. The lowest BCUT2D eigenvalue weighted by Gasteiger charge is -2.44. The Morgan fingerprint density at radius 3 is 1.94 bits per heavy atom. The standard InChI is InChI=1S/C17H30O15/c18-1-5-8(21)10(23)13(26)16(31-5)29-3-6-9(22)11(24)14(15(27)30-6)32-17-12(25)7(20)4(19)2-28-17/h4-27H,1-3H2/t4-,5-,6-,7+,8-,9-,10+,11+,12-,13-,14-,15?,16+,17+/m1/s1. The minimum absolute atomic E-state index is 0.388. The largest absolute Gasteiger partial charge is 0.394 e. The molecule has 0 bridgehead atoms. The molecular weight excluding hydrogens is 444 g/mol. The van der Waals surface area contributed by atoms with E-state index in [1.54, 1.807) is 0 Å². The van der Waals surface area contributed by atoms with Crippen LogP contribution >= 0.6 is 0 Å². The summed E-state index contributed by atoms with van der Waals surface area (Å²) in [7, 11) is 0. The predicted molar refractivity (Wildman–Crippen MR) is 95.2 cm³/mol. The van der Waals surface area contributed by atoms with Gasteiger partial charge in [-0.3, -0.25) is 0 Å². The van der Waals surface area contributed by atoms with Crippen LogP contribution in [0.25, 0.3) is 0 Å². The summed E-state index contributed by atoms with van der Waals surface area (Å²) in [6.45, 7) is -1.62. The van der Waals surface area contributed by atoms with E-state index < -0.39 is 99.2 Å². The summed E-state index contributed by atoms with van der Waals surface area (Å²) in [4.78, 5) is 0. The molecule has 32 heavy (non-hydrogen) atoms. The van der Waals surface area contributed by atoms with Crippen LogP contribution in [0.4, 0.5) is 0 Å². The van der Waals surface area contributed by atoms with Crippen LogP contribution in [-0.2, 0) is 23.7 Å². The molecule has 15 nitrogen and oxygen atoms in total. The number of aliphatic hydroxyl groups is 10. The highest BCUT2D eigenvalue weighted by Crippen LogP contribution is 2.28. The van der Waals surface area contributed by atoms with Gasteiger partial charge in [-0.1, -0.05) is 0 Å². The summed E-state index contributed by atoms with van der Waals surface area (Å²) < 4.78 is 25.9. The molecule has 3 saturated heterocycles. The first kappa shape index (κ1) is 26.0. The van der Waals surface area contributed by atoms with Gasteiger partial charge in [0.25, 0.3) is 0 Å². The minimum atomic E-state index is -1.85. The SMILES string of the molecule is OC[C@H]1O[C@H](OC[C@H]2OC(O)[C@H](O[C@@H]3OC[C@@H](O)[C@H](O)[C@H]3O)[C@@H](O)[C@@H]2O)[C@H](O)[C@@H](O)[C@@H]1O. The van der Waals surface area contributed by atoms with Crippen molar-refractivity contribution in [2.24, 2.45) is 0 Å². The van der Waals surface area contributed by atoms with Crippen LogP contribution in [0.5, 0.6) is 0 Å². The molecule has 0 amide bonds. The highest BCUT2D eigenvalue weighted by atomic mass is 16.7. The second-order valence-electron chi connectivity index (χ2n) is 7.93. The summed E-state index contributed by atoms with van der Waals surface area (Å²) in [6, 6.07) is 0. The molecule has 15 heteroatoms. The Morgan fingerprint density at radius 2 is 1.28 bits per heavy atom. The van der Waals surface area contributed by atoms with E-state index in [2.05, 4.69) is 0 Å². The van der Waals surface area contributed by atoms with Gasteiger partial charge in [-0.2, -0.15) is 0 Å². The van der Waals surface area contributed by atoms with E-state index in [1.165, 1.54) is 0 Å². The fourth-order valence-corrected chi connectivity index (χ4v) is 3.65. The molecule has 14 atom stereocenters. The van der Waals surface area contributed by atoms with Crippen molar-refractivity contribution in [2.45, 2.75) is 86.0 Å². The van der Waals surface area contributed by atoms with E-state index in [0.717, 1.165) is 0 Å². The Morgan fingerprint density at radius 1 is 0.656 bits per heavy atom. The third kappa shape index (κ3) is 5.22. The second-order valence-corrected chi connectivity index (χ2v) is 7.93. The lowest BCUT2D eigenvalue weighted by Crippen LogP contribution is -2.63. The first-order chi connectivity index (χ1) is 15.1. The van der Waals surface area contributed by atoms with Crippen LogP contribution in [-0.4, -0.2) is 157 Å². The van der Waals surface area contributed by atoms with Gasteiger partial charge in [-0.05, 0) is 0 Å². The molecule has 0 aromatic heterocycles. The zero-order chi connectivity index (χ0) is 23.7. The van der Waals surface area contributed by atoms with Gasteiger partial charge in [0.05, 0.1) is 19.8 Å². The molecule has 10 N–H and O–H groups in total. The van der Waals surface area contributed by atoms with Gasteiger partial charge in [0.15, 0.2) is 18.9 Å². The zero-order valence-corrected chi connectivity index (χ0v) is 16.7. The molecule has 3 fully saturated rings. The molecule has 3 aliphatic heterocycles. The van der Waals surface area contributed by atoms with Crippen molar-refractivity contribution in [3.63, 3.8) is 0 Å². The van der Waals surface area contributed by atoms with Crippen molar-refractivity contribution in [2.75, 3.05) is 19.8 Å². The summed E-state index contributed by atoms with van der Waals surface area (Å²) in [5, 5.41) is 98.7. The summed E-state index contributed by atoms with van der Waals surface area (Å²) in [6.07, 6.45) is -22.2. The Bertz CT molecular complexity index is 594. The van der Waals surface area contributed by atoms with Crippen molar-refractivity contribution >= 4 is 0 Å². The lowest BCUT2D eigenvalue weighted by molar-refractivity contribution is -0.357. The van der Waals surface area contributed by atoms with Crippen LogP contribution in [0.3, 0.4) is 0 Å². The summed E-state index contributed by atoms with van der Waals surface area (Å²) in [5.41, 5.74) is 0. The van der Waals surface area contributed by atoms with Gasteiger partial charge in [0.1, 0.15) is 67.1 Å². The maximum atomic E-state index is 10.4. The maximum absolute atomic E-state index is 10.4. The van der Waals surface area contributed by atoms with Crippen LogP contribution in [0.1, 0.15) is 0 Å². The Balaban J connectivity index is 1.56. The quantitative estimate of drug-likeness (QED) is 0.172. The third-order valence-electron chi connectivity index (χ3n) is 5.68. The molecule has 3 rings (SSSR count). The Labute approximate surface area is 181 Å². The first-order valence-electron chi connectivity index (χ1n) is 9.99. The van der Waals surface area contributed by atoms with Crippen molar-refractivity contribution in [1.82, 2.24) is 0 Å². The van der Waals surface area contributed by atoms with Gasteiger partial charge >= 0.3 is 0 Å². The van der Waals surface area contributed by atoms with Gasteiger partial charge in [0, 0.05) is 0 Å². The average Bonchev–Trinajstić information content (AvgIpc) is 2.77. The van der Waals surface area contributed by atoms with E-state index >= 15 is 0 Å². The highest BCUT2D eigenvalue weighted by Gasteiger charge is 2.49. The van der Waals surface area contributed by atoms with Gasteiger partial charge in [-0.25, -0.2) is 0 Å². The van der Waals surface area contributed by atoms with Crippen molar-refractivity contribution < 1.29 is 74.7 Å². The smallest absolute Gasteiger partial charge is 0.186 e. The van der Waals surface area contributed by atoms with Crippen LogP contribution in [0, 0.1) is 0 Å². The molecular formula is C17H30O15. The fraction of sp³-hybridized carbons (Fsp3) is 1.00. The molecule has 1 unspecified atom stereocenters. The first-order valence-corrected chi connectivity index (χ1v) is 9.99. The number of aliphatic hydroxyl groups excluding tert-OH is 10. The number of hydrogen-bond acceptors (Lipinski definition) is 15. The van der Waals surface area contributed by atoms with Crippen molar-refractivity contribution in [3.8, 4) is 0 Å².